The Bertz CT molecular complexity index is 259. The van der Waals surface area contributed by atoms with E-state index in [1.54, 1.807) is 0 Å². The molecule has 0 aromatic carbocycles. The summed E-state index contributed by atoms with van der Waals surface area (Å²) in [6, 6.07) is 0.477. The van der Waals surface area contributed by atoms with Crippen LogP contribution in [-0.2, 0) is 4.79 Å². The predicted octanol–water partition coefficient (Wildman–Crippen LogP) is 3.76. The van der Waals surface area contributed by atoms with E-state index < -0.39 is 0 Å². The van der Waals surface area contributed by atoms with Crippen LogP contribution in [0.3, 0.4) is 0 Å². The first-order chi connectivity index (χ1) is 8.43. The molecule has 0 aromatic rings. The fraction of sp³-hybridized carbons (Fsp3) is 0.933. The van der Waals surface area contributed by atoms with Crippen molar-refractivity contribution in [3.05, 3.63) is 0 Å². The molecule has 0 N–H and O–H groups in total. The number of rotatable bonds is 6. The third-order valence-corrected chi connectivity index (χ3v) is 4.70. The minimum Gasteiger partial charge on any atom is -0.339 e. The maximum atomic E-state index is 12.5. The van der Waals surface area contributed by atoms with Gasteiger partial charge in [-0.2, -0.15) is 12.6 Å². The van der Waals surface area contributed by atoms with E-state index in [0.717, 1.165) is 13.0 Å². The number of carbonyl (C=O) groups excluding carboxylic acids is 1. The highest BCUT2D eigenvalue weighted by Crippen LogP contribution is 2.26. The van der Waals surface area contributed by atoms with Crippen molar-refractivity contribution in [2.45, 2.75) is 71.1 Å². The van der Waals surface area contributed by atoms with Crippen LogP contribution in [0.15, 0.2) is 0 Å². The Morgan fingerprint density at radius 2 is 1.78 bits per heavy atom. The maximum absolute atomic E-state index is 12.5. The minimum absolute atomic E-state index is 0.141. The Balaban J connectivity index is 2.66. The summed E-state index contributed by atoms with van der Waals surface area (Å²) in [6.45, 7) is 9.50. The van der Waals surface area contributed by atoms with Crippen molar-refractivity contribution in [3.8, 4) is 0 Å². The highest BCUT2D eigenvalue weighted by atomic mass is 32.1. The normalized spacial score (nSPS) is 18.6. The first-order valence-electron chi connectivity index (χ1n) is 7.42. The number of nitrogens with zero attached hydrogens (tertiary/aromatic N) is 1. The molecular formula is C15H29NOS. The van der Waals surface area contributed by atoms with Gasteiger partial charge in [0, 0.05) is 12.6 Å². The number of thiol groups is 1. The summed E-state index contributed by atoms with van der Waals surface area (Å²) in [5, 5.41) is -0.141. The minimum atomic E-state index is -0.141. The van der Waals surface area contributed by atoms with Crippen molar-refractivity contribution < 1.29 is 4.79 Å². The zero-order valence-corrected chi connectivity index (χ0v) is 13.2. The standard InChI is InChI=1S/C15H29NOS/c1-11(2)9-10-16(13-7-5-6-8-13)15(17)14(18)12(3)4/h11-14,18H,5-10H2,1-4H3. The van der Waals surface area contributed by atoms with E-state index >= 15 is 0 Å². The lowest BCUT2D eigenvalue weighted by Crippen LogP contribution is -2.45. The fourth-order valence-corrected chi connectivity index (χ4v) is 2.69. The number of hydrogen-bond donors (Lipinski definition) is 1. The number of hydrogen-bond acceptors (Lipinski definition) is 2. The van der Waals surface area contributed by atoms with Crippen LogP contribution in [0, 0.1) is 11.8 Å². The van der Waals surface area contributed by atoms with E-state index in [-0.39, 0.29) is 11.2 Å². The molecule has 1 saturated carbocycles. The van der Waals surface area contributed by atoms with Crippen molar-refractivity contribution in [1.29, 1.82) is 0 Å². The molecule has 0 heterocycles. The second-order valence-electron chi connectivity index (χ2n) is 6.34. The van der Waals surface area contributed by atoms with Gasteiger partial charge in [-0.3, -0.25) is 4.79 Å². The molecule has 1 fully saturated rings. The molecule has 0 bridgehead atoms. The van der Waals surface area contributed by atoms with Gasteiger partial charge in [0.1, 0.15) is 0 Å². The van der Waals surface area contributed by atoms with Gasteiger partial charge in [0.2, 0.25) is 5.91 Å². The van der Waals surface area contributed by atoms with Crippen LogP contribution < -0.4 is 0 Å². The van der Waals surface area contributed by atoms with E-state index in [2.05, 4.69) is 45.2 Å². The Hall–Kier alpha value is -0.180. The first kappa shape index (κ1) is 15.9. The van der Waals surface area contributed by atoms with E-state index in [1.165, 1.54) is 25.7 Å². The Morgan fingerprint density at radius 1 is 1.22 bits per heavy atom. The molecule has 0 aliphatic heterocycles. The van der Waals surface area contributed by atoms with Crippen LogP contribution in [0.4, 0.5) is 0 Å². The SMILES string of the molecule is CC(C)CCN(C(=O)C(S)C(C)C)C1CCCC1. The molecule has 1 amide bonds. The van der Waals surface area contributed by atoms with Crippen molar-refractivity contribution in [2.24, 2.45) is 11.8 Å². The van der Waals surface area contributed by atoms with Crippen LogP contribution in [0.2, 0.25) is 0 Å². The molecule has 1 aliphatic rings. The lowest BCUT2D eigenvalue weighted by Gasteiger charge is -2.32. The summed E-state index contributed by atoms with van der Waals surface area (Å²) in [7, 11) is 0. The monoisotopic (exact) mass is 271 g/mol. The van der Waals surface area contributed by atoms with Gasteiger partial charge < -0.3 is 4.90 Å². The molecule has 1 atom stereocenters. The zero-order chi connectivity index (χ0) is 13.7. The lowest BCUT2D eigenvalue weighted by molar-refractivity contribution is -0.133. The first-order valence-corrected chi connectivity index (χ1v) is 7.93. The third kappa shape index (κ3) is 4.49. The largest absolute Gasteiger partial charge is 0.339 e. The van der Waals surface area contributed by atoms with Gasteiger partial charge in [-0.15, -0.1) is 0 Å². The molecule has 3 heteroatoms. The molecule has 1 aliphatic carbocycles. The molecule has 0 aromatic heterocycles. The molecule has 1 unspecified atom stereocenters. The smallest absolute Gasteiger partial charge is 0.235 e. The summed E-state index contributed by atoms with van der Waals surface area (Å²) in [5.41, 5.74) is 0. The van der Waals surface area contributed by atoms with Gasteiger partial charge in [0.05, 0.1) is 5.25 Å². The summed E-state index contributed by atoms with van der Waals surface area (Å²) in [4.78, 5) is 14.7. The molecule has 0 saturated heterocycles. The topological polar surface area (TPSA) is 20.3 Å². The van der Waals surface area contributed by atoms with Gasteiger partial charge >= 0.3 is 0 Å². The molecular weight excluding hydrogens is 242 g/mol. The number of carbonyl (C=O) groups is 1. The van der Waals surface area contributed by atoms with Crippen molar-refractivity contribution in [3.63, 3.8) is 0 Å². The van der Waals surface area contributed by atoms with E-state index in [9.17, 15) is 4.79 Å². The molecule has 0 radical (unpaired) electrons. The lowest BCUT2D eigenvalue weighted by atomic mass is 10.1. The summed E-state index contributed by atoms with van der Waals surface area (Å²) in [5.74, 6) is 1.21. The quantitative estimate of drug-likeness (QED) is 0.729. The molecule has 2 nitrogen and oxygen atoms in total. The van der Waals surface area contributed by atoms with Crippen molar-refractivity contribution in [1.82, 2.24) is 4.90 Å². The highest BCUT2D eigenvalue weighted by molar-refractivity contribution is 7.81. The van der Waals surface area contributed by atoms with Gasteiger partial charge in [0.15, 0.2) is 0 Å². The molecule has 18 heavy (non-hydrogen) atoms. The second kappa shape index (κ2) is 7.42. The zero-order valence-electron chi connectivity index (χ0n) is 12.4. The van der Waals surface area contributed by atoms with E-state index in [0.29, 0.717) is 17.9 Å². The maximum Gasteiger partial charge on any atom is 0.235 e. The van der Waals surface area contributed by atoms with E-state index in [1.807, 2.05) is 0 Å². The second-order valence-corrected chi connectivity index (χ2v) is 6.90. The van der Waals surface area contributed by atoms with Crippen LogP contribution >= 0.6 is 12.6 Å². The highest BCUT2D eigenvalue weighted by Gasteiger charge is 2.30. The fourth-order valence-electron chi connectivity index (χ4n) is 2.54. The van der Waals surface area contributed by atoms with E-state index in [4.69, 9.17) is 0 Å². The summed E-state index contributed by atoms with van der Waals surface area (Å²) in [6.07, 6.45) is 6.01. The Labute approximate surface area is 118 Å². The molecule has 106 valence electrons. The third-order valence-electron chi connectivity index (χ3n) is 3.88. The van der Waals surface area contributed by atoms with Gasteiger partial charge in [-0.25, -0.2) is 0 Å². The molecule has 1 rings (SSSR count). The average Bonchev–Trinajstić information content (AvgIpc) is 2.81. The molecule has 0 spiro atoms. The van der Waals surface area contributed by atoms with Gasteiger partial charge in [-0.1, -0.05) is 40.5 Å². The summed E-state index contributed by atoms with van der Waals surface area (Å²) >= 11 is 4.51. The predicted molar refractivity (Wildman–Crippen MR) is 81.0 cm³/mol. The van der Waals surface area contributed by atoms with Gasteiger partial charge in [0.25, 0.3) is 0 Å². The van der Waals surface area contributed by atoms with Crippen LogP contribution in [-0.4, -0.2) is 28.6 Å². The summed E-state index contributed by atoms with van der Waals surface area (Å²) < 4.78 is 0. The average molecular weight is 271 g/mol. The Kier molecular flexibility index (Phi) is 6.54. The Morgan fingerprint density at radius 3 is 2.22 bits per heavy atom. The van der Waals surface area contributed by atoms with Gasteiger partial charge in [-0.05, 0) is 31.1 Å². The number of amides is 1. The van der Waals surface area contributed by atoms with Crippen LogP contribution in [0.25, 0.3) is 0 Å². The van der Waals surface area contributed by atoms with Crippen LogP contribution in [0.1, 0.15) is 59.8 Å². The van der Waals surface area contributed by atoms with Crippen molar-refractivity contribution in [2.75, 3.05) is 6.54 Å². The van der Waals surface area contributed by atoms with Crippen LogP contribution in [0.5, 0.6) is 0 Å². The van der Waals surface area contributed by atoms with Crippen molar-refractivity contribution >= 4 is 18.5 Å².